The lowest BCUT2D eigenvalue weighted by Gasteiger charge is -2.31. The lowest BCUT2D eigenvalue weighted by Crippen LogP contribution is -2.41. The summed E-state index contributed by atoms with van der Waals surface area (Å²) in [6.45, 7) is 7.69. The minimum absolute atomic E-state index is 0.0967. The predicted molar refractivity (Wildman–Crippen MR) is 87.6 cm³/mol. The van der Waals surface area contributed by atoms with E-state index in [1.165, 1.54) is 12.8 Å². The van der Waals surface area contributed by atoms with Crippen LogP contribution in [-0.4, -0.2) is 44.0 Å². The maximum atomic E-state index is 12.2. The molecule has 0 spiro atoms. The largest absolute Gasteiger partial charge is 0.324 e. The molecule has 1 amide bonds. The smallest absolute Gasteiger partial charge is 0.238 e. The highest BCUT2D eigenvalue weighted by atomic mass is 16.2. The van der Waals surface area contributed by atoms with E-state index in [2.05, 4.69) is 15.5 Å². The summed E-state index contributed by atoms with van der Waals surface area (Å²) in [5, 5.41) is 6.31. The van der Waals surface area contributed by atoms with Gasteiger partial charge in [-0.2, -0.15) is 0 Å². The van der Waals surface area contributed by atoms with Crippen LogP contribution in [0.5, 0.6) is 0 Å². The Kier molecular flexibility index (Phi) is 5.76. The average Bonchev–Trinajstić information content (AvgIpc) is 2.45. The third-order valence-corrected chi connectivity index (χ3v) is 4.31. The van der Waals surface area contributed by atoms with Crippen molar-refractivity contribution in [2.75, 3.05) is 38.5 Å². The lowest BCUT2D eigenvalue weighted by atomic mass is 9.97. The fourth-order valence-electron chi connectivity index (χ4n) is 3.03. The topological polar surface area (TPSA) is 44.4 Å². The van der Waals surface area contributed by atoms with Crippen LogP contribution in [0, 0.1) is 19.8 Å². The van der Waals surface area contributed by atoms with Gasteiger partial charge in [0.15, 0.2) is 0 Å². The molecule has 0 unspecified atom stereocenters. The van der Waals surface area contributed by atoms with Crippen LogP contribution in [0.2, 0.25) is 0 Å². The molecular weight excluding hydrogens is 262 g/mol. The summed E-state index contributed by atoms with van der Waals surface area (Å²) in [5.41, 5.74) is 3.21. The number of carbonyl (C=O) groups is 1. The molecule has 21 heavy (non-hydrogen) atoms. The summed E-state index contributed by atoms with van der Waals surface area (Å²) in [6, 6.07) is 6.09. The molecule has 4 heteroatoms. The molecule has 0 aromatic heterocycles. The molecule has 0 saturated carbocycles. The van der Waals surface area contributed by atoms with Gasteiger partial charge in [0.1, 0.15) is 0 Å². The minimum atomic E-state index is 0.0967. The zero-order valence-electron chi connectivity index (χ0n) is 13.4. The summed E-state index contributed by atoms with van der Waals surface area (Å²) in [4.78, 5) is 14.5. The molecule has 2 N–H and O–H groups in total. The maximum absolute atomic E-state index is 12.2. The van der Waals surface area contributed by atoms with E-state index in [0.717, 1.165) is 42.4 Å². The molecule has 1 saturated heterocycles. The zero-order valence-corrected chi connectivity index (χ0v) is 13.4. The summed E-state index contributed by atoms with van der Waals surface area (Å²) < 4.78 is 0. The first-order valence-corrected chi connectivity index (χ1v) is 7.83. The van der Waals surface area contributed by atoms with Crippen LogP contribution in [0.4, 0.5) is 5.69 Å². The molecule has 2 rings (SSSR count). The Morgan fingerprint density at radius 1 is 1.24 bits per heavy atom. The molecular formula is C17H27N3O. The number of rotatable bonds is 5. The van der Waals surface area contributed by atoms with Gasteiger partial charge in [-0.3, -0.25) is 9.69 Å². The fraction of sp³-hybridized carbons (Fsp3) is 0.588. The quantitative estimate of drug-likeness (QED) is 0.873. The number of aryl methyl sites for hydroxylation is 2. The van der Waals surface area contributed by atoms with Gasteiger partial charge in [0.2, 0.25) is 5.91 Å². The Morgan fingerprint density at radius 3 is 2.43 bits per heavy atom. The highest BCUT2D eigenvalue weighted by Gasteiger charge is 2.20. The Labute approximate surface area is 127 Å². The molecule has 0 bridgehead atoms. The molecule has 0 radical (unpaired) electrons. The van der Waals surface area contributed by atoms with Crippen LogP contribution < -0.4 is 10.6 Å². The third kappa shape index (κ3) is 4.55. The molecule has 1 heterocycles. The highest BCUT2D eigenvalue weighted by Crippen LogP contribution is 2.20. The van der Waals surface area contributed by atoms with Crippen molar-refractivity contribution >= 4 is 11.6 Å². The lowest BCUT2D eigenvalue weighted by molar-refractivity contribution is -0.117. The van der Waals surface area contributed by atoms with Gasteiger partial charge in [-0.05, 0) is 70.4 Å². The molecule has 1 aliphatic rings. The van der Waals surface area contributed by atoms with Crippen LogP contribution in [0.15, 0.2) is 18.2 Å². The number of nitrogens with one attached hydrogen (secondary N) is 2. The summed E-state index contributed by atoms with van der Waals surface area (Å²) in [7, 11) is 2.00. The number of carbonyl (C=O) groups excluding carboxylic acids is 1. The van der Waals surface area contributed by atoms with Crippen LogP contribution in [-0.2, 0) is 4.79 Å². The number of nitrogens with zero attached hydrogens (tertiary/aromatic N) is 1. The Bertz CT molecular complexity index is 459. The Balaban J connectivity index is 1.83. The number of piperidine rings is 1. The number of amides is 1. The van der Waals surface area contributed by atoms with Crippen molar-refractivity contribution in [3.63, 3.8) is 0 Å². The van der Waals surface area contributed by atoms with E-state index in [1.54, 1.807) is 0 Å². The molecule has 4 nitrogen and oxygen atoms in total. The highest BCUT2D eigenvalue weighted by molar-refractivity contribution is 5.93. The fourth-order valence-corrected chi connectivity index (χ4v) is 3.03. The average molecular weight is 289 g/mol. The predicted octanol–water partition coefficient (Wildman–Crippen LogP) is 2.17. The standard InChI is InChI=1S/C17H27N3O/c1-13-5-4-6-14(2)17(13)19-16(21)12-20-9-7-15(8-10-20)11-18-3/h4-6,15,18H,7-12H2,1-3H3,(H,19,21). The number of anilines is 1. The Hall–Kier alpha value is -1.39. The van der Waals surface area contributed by atoms with Crippen molar-refractivity contribution in [3.05, 3.63) is 29.3 Å². The van der Waals surface area contributed by atoms with Gasteiger partial charge in [0.25, 0.3) is 0 Å². The third-order valence-electron chi connectivity index (χ3n) is 4.31. The first-order chi connectivity index (χ1) is 10.1. The first-order valence-electron chi connectivity index (χ1n) is 7.83. The van der Waals surface area contributed by atoms with Gasteiger partial charge >= 0.3 is 0 Å². The van der Waals surface area contributed by atoms with Gasteiger partial charge in [0, 0.05) is 5.69 Å². The molecule has 1 aliphatic heterocycles. The molecule has 0 aliphatic carbocycles. The van der Waals surface area contributed by atoms with E-state index in [1.807, 2.05) is 39.1 Å². The number of hydrogen-bond donors (Lipinski definition) is 2. The van der Waals surface area contributed by atoms with Crippen LogP contribution >= 0.6 is 0 Å². The van der Waals surface area contributed by atoms with Crippen molar-refractivity contribution in [3.8, 4) is 0 Å². The number of benzene rings is 1. The van der Waals surface area contributed by atoms with Gasteiger partial charge in [-0.25, -0.2) is 0 Å². The summed E-state index contributed by atoms with van der Waals surface area (Å²) in [6.07, 6.45) is 2.36. The monoisotopic (exact) mass is 289 g/mol. The van der Waals surface area contributed by atoms with Crippen molar-refractivity contribution in [1.29, 1.82) is 0 Å². The molecule has 1 fully saturated rings. The van der Waals surface area contributed by atoms with Crippen LogP contribution in [0.25, 0.3) is 0 Å². The van der Waals surface area contributed by atoms with E-state index < -0.39 is 0 Å². The van der Waals surface area contributed by atoms with Crippen molar-refractivity contribution < 1.29 is 4.79 Å². The molecule has 1 aromatic rings. The van der Waals surface area contributed by atoms with Gasteiger partial charge in [-0.15, -0.1) is 0 Å². The molecule has 0 atom stereocenters. The number of hydrogen-bond acceptors (Lipinski definition) is 3. The zero-order chi connectivity index (χ0) is 15.2. The number of likely N-dealkylation sites (tertiary alicyclic amines) is 1. The van der Waals surface area contributed by atoms with Crippen molar-refractivity contribution in [1.82, 2.24) is 10.2 Å². The van der Waals surface area contributed by atoms with Crippen LogP contribution in [0.3, 0.4) is 0 Å². The van der Waals surface area contributed by atoms with Gasteiger partial charge < -0.3 is 10.6 Å². The summed E-state index contributed by atoms with van der Waals surface area (Å²) >= 11 is 0. The minimum Gasteiger partial charge on any atom is -0.324 e. The van der Waals surface area contributed by atoms with Crippen molar-refractivity contribution in [2.24, 2.45) is 5.92 Å². The number of para-hydroxylation sites is 1. The van der Waals surface area contributed by atoms with E-state index in [9.17, 15) is 4.79 Å². The van der Waals surface area contributed by atoms with Gasteiger partial charge in [-0.1, -0.05) is 18.2 Å². The second-order valence-corrected chi connectivity index (χ2v) is 6.09. The maximum Gasteiger partial charge on any atom is 0.238 e. The second-order valence-electron chi connectivity index (χ2n) is 6.09. The summed E-state index contributed by atoms with van der Waals surface area (Å²) in [5.74, 6) is 0.854. The van der Waals surface area contributed by atoms with E-state index in [-0.39, 0.29) is 5.91 Å². The first kappa shape index (κ1) is 16.0. The van der Waals surface area contributed by atoms with Gasteiger partial charge in [0.05, 0.1) is 6.54 Å². The van der Waals surface area contributed by atoms with E-state index in [4.69, 9.17) is 0 Å². The normalized spacial score (nSPS) is 16.9. The van der Waals surface area contributed by atoms with E-state index in [0.29, 0.717) is 6.54 Å². The molecule has 116 valence electrons. The Morgan fingerprint density at radius 2 is 1.86 bits per heavy atom. The van der Waals surface area contributed by atoms with Crippen molar-refractivity contribution in [2.45, 2.75) is 26.7 Å². The van der Waals surface area contributed by atoms with E-state index >= 15 is 0 Å². The molecule has 1 aromatic carbocycles. The van der Waals surface area contributed by atoms with Crippen LogP contribution in [0.1, 0.15) is 24.0 Å². The second kappa shape index (κ2) is 7.57. The SMILES string of the molecule is CNCC1CCN(CC(=O)Nc2c(C)cccc2C)CC1.